The molecule has 0 aliphatic rings. The monoisotopic (exact) mass is 334 g/mol. The van der Waals surface area contributed by atoms with Crippen molar-refractivity contribution >= 4 is 28.3 Å². The first kappa shape index (κ1) is 16.5. The number of fused-ring (bicyclic) bond motifs is 1. The number of nitrogens with one attached hydrogen (secondary N) is 2. The molecule has 0 saturated heterocycles. The van der Waals surface area contributed by atoms with Gasteiger partial charge in [0.2, 0.25) is 0 Å². The van der Waals surface area contributed by atoms with Crippen LogP contribution in [0.25, 0.3) is 10.8 Å². The van der Waals surface area contributed by atoms with Crippen molar-refractivity contribution in [1.29, 1.82) is 0 Å². The van der Waals surface area contributed by atoms with Crippen molar-refractivity contribution < 1.29 is 14.7 Å². The van der Waals surface area contributed by atoms with Gasteiger partial charge in [-0.2, -0.15) is 0 Å². The van der Waals surface area contributed by atoms with E-state index >= 15 is 0 Å². The quantitative estimate of drug-likeness (QED) is 0.683. The van der Waals surface area contributed by atoms with Gasteiger partial charge in [-0.1, -0.05) is 24.3 Å². The molecule has 25 heavy (non-hydrogen) atoms. The molecule has 0 spiro atoms. The number of para-hydroxylation sites is 1. The highest BCUT2D eigenvalue weighted by molar-refractivity contribution is 6.09. The van der Waals surface area contributed by atoms with Crippen LogP contribution in [0.15, 0.2) is 60.7 Å². The summed E-state index contributed by atoms with van der Waals surface area (Å²) < 4.78 is 0. The van der Waals surface area contributed by atoms with Gasteiger partial charge in [-0.25, -0.2) is 0 Å². The van der Waals surface area contributed by atoms with E-state index in [2.05, 4.69) is 10.6 Å². The van der Waals surface area contributed by atoms with E-state index in [-0.39, 0.29) is 17.2 Å². The zero-order valence-electron chi connectivity index (χ0n) is 13.7. The summed E-state index contributed by atoms with van der Waals surface area (Å²) in [6.07, 6.45) is 0. The van der Waals surface area contributed by atoms with Crippen LogP contribution >= 0.6 is 0 Å². The molecule has 3 N–H and O–H groups in total. The van der Waals surface area contributed by atoms with E-state index in [9.17, 15) is 14.7 Å². The average molecular weight is 334 g/mol. The molecule has 0 atom stereocenters. The number of anilines is 1. The zero-order valence-corrected chi connectivity index (χ0v) is 13.7. The van der Waals surface area contributed by atoms with Crippen molar-refractivity contribution in [2.24, 2.45) is 0 Å². The van der Waals surface area contributed by atoms with E-state index in [1.807, 2.05) is 25.1 Å². The molecule has 3 aromatic carbocycles. The summed E-state index contributed by atoms with van der Waals surface area (Å²) in [6, 6.07) is 17.3. The fourth-order valence-corrected chi connectivity index (χ4v) is 2.59. The number of phenolic OH excluding ortho intramolecular Hbond substituents is 1. The highest BCUT2D eigenvalue weighted by atomic mass is 16.3. The summed E-state index contributed by atoms with van der Waals surface area (Å²) in [5.41, 5.74) is 1.31. The number of phenols is 1. The molecule has 5 heteroatoms. The Kier molecular flexibility index (Phi) is 4.66. The highest BCUT2D eigenvalue weighted by Crippen LogP contribution is 2.27. The maximum absolute atomic E-state index is 12.4. The maximum atomic E-state index is 12.4. The smallest absolute Gasteiger partial charge is 0.259 e. The predicted molar refractivity (Wildman–Crippen MR) is 98.0 cm³/mol. The SMILES string of the molecule is CCNC(=O)c1ccc2cc(O)c(C(=O)Nc3ccccc3)cc2c1. The molecule has 0 aliphatic carbocycles. The van der Waals surface area contributed by atoms with Gasteiger partial charge in [0.15, 0.2) is 0 Å². The number of amides is 2. The Morgan fingerprint density at radius 3 is 2.40 bits per heavy atom. The Morgan fingerprint density at radius 2 is 1.68 bits per heavy atom. The molecule has 0 bridgehead atoms. The maximum Gasteiger partial charge on any atom is 0.259 e. The van der Waals surface area contributed by atoms with E-state index < -0.39 is 5.91 Å². The van der Waals surface area contributed by atoms with Gasteiger partial charge in [0.05, 0.1) is 5.56 Å². The first-order valence-electron chi connectivity index (χ1n) is 8.00. The Hall–Kier alpha value is -3.34. The number of hydrogen-bond acceptors (Lipinski definition) is 3. The van der Waals surface area contributed by atoms with E-state index in [4.69, 9.17) is 0 Å². The molecule has 3 rings (SSSR count). The van der Waals surface area contributed by atoms with Crippen molar-refractivity contribution in [1.82, 2.24) is 5.32 Å². The molecule has 2 amide bonds. The lowest BCUT2D eigenvalue weighted by Gasteiger charge is -2.09. The third-order valence-electron chi connectivity index (χ3n) is 3.83. The van der Waals surface area contributed by atoms with Crippen LogP contribution in [0.2, 0.25) is 0 Å². The minimum atomic E-state index is -0.408. The topological polar surface area (TPSA) is 78.4 Å². The molecule has 0 heterocycles. The summed E-state index contributed by atoms with van der Waals surface area (Å²) in [4.78, 5) is 24.4. The lowest BCUT2D eigenvalue weighted by atomic mass is 10.0. The minimum absolute atomic E-state index is 0.105. The minimum Gasteiger partial charge on any atom is -0.507 e. The van der Waals surface area contributed by atoms with Crippen LogP contribution in [-0.2, 0) is 0 Å². The lowest BCUT2D eigenvalue weighted by molar-refractivity contribution is 0.0955. The summed E-state index contributed by atoms with van der Waals surface area (Å²) >= 11 is 0. The molecule has 3 aromatic rings. The van der Waals surface area contributed by atoms with Gasteiger partial charge in [-0.05, 0) is 54.1 Å². The van der Waals surface area contributed by atoms with Crippen LogP contribution in [0.1, 0.15) is 27.6 Å². The van der Waals surface area contributed by atoms with E-state index in [1.165, 1.54) is 6.07 Å². The molecule has 0 unspecified atom stereocenters. The fourth-order valence-electron chi connectivity index (χ4n) is 2.59. The molecular formula is C20H18N2O3. The number of hydrogen-bond donors (Lipinski definition) is 3. The van der Waals surface area contributed by atoms with Gasteiger partial charge in [0.1, 0.15) is 5.75 Å². The first-order chi connectivity index (χ1) is 12.1. The van der Waals surface area contributed by atoms with Gasteiger partial charge in [-0.15, -0.1) is 0 Å². The molecule has 0 aliphatic heterocycles. The molecule has 126 valence electrons. The summed E-state index contributed by atoms with van der Waals surface area (Å²) in [5, 5.41) is 17.1. The van der Waals surface area contributed by atoms with Crippen molar-refractivity contribution in [2.75, 3.05) is 11.9 Å². The summed E-state index contributed by atoms with van der Waals surface area (Å²) in [6.45, 7) is 2.39. The first-order valence-corrected chi connectivity index (χ1v) is 8.00. The normalized spacial score (nSPS) is 10.4. The molecular weight excluding hydrogens is 316 g/mol. The van der Waals surface area contributed by atoms with Gasteiger partial charge < -0.3 is 15.7 Å². The number of benzene rings is 3. The van der Waals surface area contributed by atoms with Crippen LogP contribution in [0.4, 0.5) is 5.69 Å². The molecule has 0 radical (unpaired) electrons. The lowest BCUT2D eigenvalue weighted by Crippen LogP contribution is -2.22. The second kappa shape index (κ2) is 7.05. The van der Waals surface area contributed by atoms with Crippen molar-refractivity contribution in [3.05, 3.63) is 71.8 Å². The number of carbonyl (C=O) groups excluding carboxylic acids is 2. The highest BCUT2D eigenvalue weighted by Gasteiger charge is 2.14. The Morgan fingerprint density at radius 1 is 0.920 bits per heavy atom. The van der Waals surface area contributed by atoms with Crippen LogP contribution in [0, 0.1) is 0 Å². The van der Waals surface area contributed by atoms with Crippen LogP contribution in [0.3, 0.4) is 0 Å². The third-order valence-corrected chi connectivity index (χ3v) is 3.83. The molecule has 0 saturated carbocycles. The van der Waals surface area contributed by atoms with Crippen molar-refractivity contribution in [2.45, 2.75) is 6.92 Å². The molecule has 0 fully saturated rings. The van der Waals surface area contributed by atoms with Gasteiger partial charge in [0, 0.05) is 17.8 Å². The van der Waals surface area contributed by atoms with Gasteiger partial charge in [-0.3, -0.25) is 9.59 Å². The van der Waals surface area contributed by atoms with Crippen LogP contribution in [-0.4, -0.2) is 23.5 Å². The molecule has 0 aromatic heterocycles. The van der Waals surface area contributed by atoms with E-state index in [1.54, 1.807) is 36.4 Å². The van der Waals surface area contributed by atoms with Crippen LogP contribution in [0.5, 0.6) is 5.75 Å². The second-order valence-electron chi connectivity index (χ2n) is 5.61. The Bertz CT molecular complexity index is 936. The predicted octanol–water partition coefficient (Wildman–Crippen LogP) is 3.55. The van der Waals surface area contributed by atoms with Crippen molar-refractivity contribution in [3.8, 4) is 5.75 Å². The largest absolute Gasteiger partial charge is 0.507 e. The summed E-state index contributed by atoms with van der Waals surface area (Å²) in [5.74, 6) is -0.687. The van der Waals surface area contributed by atoms with Gasteiger partial charge >= 0.3 is 0 Å². The Balaban J connectivity index is 1.96. The Labute approximate surface area is 145 Å². The second-order valence-corrected chi connectivity index (χ2v) is 5.61. The number of carbonyl (C=O) groups is 2. The fraction of sp³-hybridized carbons (Fsp3) is 0.100. The zero-order chi connectivity index (χ0) is 17.8. The molecule has 5 nitrogen and oxygen atoms in total. The van der Waals surface area contributed by atoms with E-state index in [0.717, 1.165) is 5.39 Å². The number of rotatable bonds is 4. The van der Waals surface area contributed by atoms with Crippen LogP contribution < -0.4 is 10.6 Å². The summed E-state index contributed by atoms with van der Waals surface area (Å²) in [7, 11) is 0. The third kappa shape index (κ3) is 3.61. The van der Waals surface area contributed by atoms with Gasteiger partial charge in [0.25, 0.3) is 11.8 Å². The van der Waals surface area contributed by atoms with E-state index in [0.29, 0.717) is 23.2 Å². The standard InChI is InChI=1S/C20H18N2O3/c1-2-21-19(24)14-9-8-13-12-18(23)17(11-15(13)10-14)20(25)22-16-6-4-3-5-7-16/h3-12,23H,2H2,1H3,(H,21,24)(H,22,25). The number of aromatic hydroxyl groups is 1. The van der Waals surface area contributed by atoms with Crippen molar-refractivity contribution in [3.63, 3.8) is 0 Å². The average Bonchev–Trinajstić information content (AvgIpc) is 2.61.